The van der Waals surface area contributed by atoms with Crippen LogP contribution in [-0.4, -0.2) is 54.6 Å². The Kier molecular flexibility index (Phi) is 6.02. The molecule has 2 aliphatic rings. The molecular weight excluding hydrogens is 382 g/mol. The molecule has 0 spiro atoms. The number of aromatic nitrogens is 1. The number of urea groups is 1. The number of hydrogen-bond donors (Lipinski definition) is 2. The normalized spacial score (nSPS) is 18.4. The van der Waals surface area contributed by atoms with E-state index < -0.39 is 6.04 Å². The standard InChI is InChI=1S/C22H27N5O3/c1-30-17-10-8-16(9-11-17)24-21(28)19-7-5-15-27(19)22(29)25-18-6-4-12-23-20(18)26-13-2-3-14-26/h4,6,8-12,19H,2-3,5,7,13-15H2,1H3,(H,24,28)(H,25,29)/t19-/m1/s1. The van der Waals surface area contributed by atoms with E-state index in [0.29, 0.717) is 24.3 Å². The van der Waals surface area contributed by atoms with Crippen LogP contribution in [0, 0.1) is 0 Å². The quantitative estimate of drug-likeness (QED) is 0.791. The summed E-state index contributed by atoms with van der Waals surface area (Å²) in [5, 5.41) is 5.88. The molecule has 0 bridgehead atoms. The summed E-state index contributed by atoms with van der Waals surface area (Å²) in [4.78, 5) is 34.1. The van der Waals surface area contributed by atoms with Crippen LogP contribution in [0.5, 0.6) is 5.75 Å². The average molecular weight is 409 g/mol. The summed E-state index contributed by atoms with van der Waals surface area (Å²) in [5.74, 6) is 1.33. The molecule has 158 valence electrons. The van der Waals surface area contributed by atoms with E-state index >= 15 is 0 Å². The minimum atomic E-state index is -0.501. The maximum atomic E-state index is 13.0. The van der Waals surface area contributed by atoms with Gasteiger partial charge in [0.1, 0.15) is 11.8 Å². The highest BCUT2D eigenvalue weighted by molar-refractivity contribution is 6.00. The first-order valence-electron chi connectivity index (χ1n) is 10.4. The molecule has 1 aromatic carbocycles. The van der Waals surface area contributed by atoms with Crippen LogP contribution in [0.15, 0.2) is 42.6 Å². The van der Waals surface area contributed by atoms with E-state index in [2.05, 4.69) is 20.5 Å². The lowest BCUT2D eigenvalue weighted by atomic mass is 10.2. The van der Waals surface area contributed by atoms with Gasteiger partial charge in [-0.05, 0) is 62.1 Å². The first-order valence-corrected chi connectivity index (χ1v) is 10.4. The van der Waals surface area contributed by atoms with Gasteiger partial charge >= 0.3 is 6.03 Å². The number of rotatable bonds is 5. The smallest absolute Gasteiger partial charge is 0.322 e. The van der Waals surface area contributed by atoms with Gasteiger partial charge in [-0.25, -0.2) is 9.78 Å². The fraction of sp³-hybridized carbons (Fsp3) is 0.409. The second-order valence-electron chi connectivity index (χ2n) is 7.57. The predicted molar refractivity (Wildman–Crippen MR) is 116 cm³/mol. The molecule has 2 fully saturated rings. The van der Waals surface area contributed by atoms with Crippen molar-refractivity contribution in [3.8, 4) is 5.75 Å². The predicted octanol–water partition coefficient (Wildman–Crippen LogP) is 3.33. The summed E-state index contributed by atoms with van der Waals surface area (Å²) in [5.41, 5.74) is 1.36. The number of nitrogens with zero attached hydrogens (tertiary/aromatic N) is 3. The molecular formula is C22H27N5O3. The number of methoxy groups -OCH3 is 1. The Morgan fingerprint density at radius 1 is 1.03 bits per heavy atom. The van der Waals surface area contributed by atoms with Crippen molar-refractivity contribution in [2.45, 2.75) is 31.7 Å². The molecule has 0 saturated carbocycles. The molecule has 8 nitrogen and oxygen atoms in total. The minimum Gasteiger partial charge on any atom is -0.497 e. The van der Waals surface area contributed by atoms with Crippen LogP contribution in [0.25, 0.3) is 0 Å². The molecule has 0 radical (unpaired) electrons. The molecule has 1 aromatic heterocycles. The molecule has 2 N–H and O–H groups in total. The third kappa shape index (κ3) is 4.32. The Morgan fingerprint density at radius 3 is 2.53 bits per heavy atom. The molecule has 8 heteroatoms. The Labute approximate surface area is 176 Å². The van der Waals surface area contributed by atoms with Gasteiger partial charge in [0.05, 0.1) is 12.8 Å². The van der Waals surface area contributed by atoms with Gasteiger partial charge in [0.15, 0.2) is 5.82 Å². The van der Waals surface area contributed by atoms with Crippen molar-refractivity contribution < 1.29 is 14.3 Å². The van der Waals surface area contributed by atoms with Crippen molar-refractivity contribution in [2.24, 2.45) is 0 Å². The second kappa shape index (κ2) is 9.02. The van der Waals surface area contributed by atoms with Gasteiger partial charge in [-0.2, -0.15) is 0 Å². The summed E-state index contributed by atoms with van der Waals surface area (Å²) in [6.45, 7) is 2.43. The summed E-state index contributed by atoms with van der Waals surface area (Å²) >= 11 is 0. The van der Waals surface area contributed by atoms with Crippen LogP contribution in [0.4, 0.5) is 22.0 Å². The summed E-state index contributed by atoms with van der Waals surface area (Å²) < 4.78 is 5.14. The Balaban J connectivity index is 1.43. The minimum absolute atomic E-state index is 0.182. The molecule has 0 aliphatic carbocycles. The van der Waals surface area contributed by atoms with Crippen LogP contribution in [0.2, 0.25) is 0 Å². The monoisotopic (exact) mass is 409 g/mol. The van der Waals surface area contributed by atoms with E-state index in [0.717, 1.165) is 43.9 Å². The molecule has 1 atom stereocenters. The zero-order valence-electron chi connectivity index (χ0n) is 17.1. The third-order valence-corrected chi connectivity index (χ3v) is 5.61. The van der Waals surface area contributed by atoms with E-state index in [1.807, 2.05) is 12.1 Å². The number of ether oxygens (including phenoxy) is 1. The summed E-state index contributed by atoms with van der Waals surface area (Å²) in [6, 6.07) is 10.1. The van der Waals surface area contributed by atoms with Gasteiger partial charge < -0.3 is 25.2 Å². The topological polar surface area (TPSA) is 86.8 Å². The fourth-order valence-electron chi connectivity index (χ4n) is 4.04. The molecule has 0 unspecified atom stereocenters. The first-order chi connectivity index (χ1) is 14.7. The van der Waals surface area contributed by atoms with Crippen molar-refractivity contribution in [2.75, 3.05) is 42.3 Å². The molecule has 4 rings (SSSR count). The Morgan fingerprint density at radius 2 is 1.80 bits per heavy atom. The number of carbonyl (C=O) groups is 2. The van der Waals surface area contributed by atoms with E-state index in [-0.39, 0.29) is 11.9 Å². The van der Waals surface area contributed by atoms with Crippen LogP contribution < -0.4 is 20.3 Å². The maximum Gasteiger partial charge on any atom is 0.322 e. The number of benzene rings is 1. The van der Waals surface area contributed by atoms with E-state index in [1.54, 1.807) is 42.5 Å². The van der Waals surface area contributed by atoms with Gasteiger partial charge in [-0.15, -0.1) is 0 Å². The average Bonchev–Trinajstić information content (AvgIpc) is 3.47. The van der Waals surface area contributed by atoms with Crippen molar-refractivity contribution in [3.63, 3.8) is 0 Å². The van der Waals surface area contributed by atoms with Gasteiger partial charge in [-0.3, -0.25) is 4.79 Å². The van der Waals surface area contributed by atoms with E-state index in [4.69, 9.17) is 4.74 Å². The van der Waals surface area contributed by atoms with Gasteiger partial charge in [0.25, 0.3) is 0 Å². The van der Waals surface area contributed by atoms with Crippen LogP contribution in [-0.2, 0) is 4.79 Å². The van der Waals surface area contributed by atoms with Crippen LogP contribution in [0.3, 0.4) is 0 Å². The Hall–Kier alpha value is -3.29. The van der Waals surface area contributed by atoms with Crippen molar-refractivity contribution in [1.29, 1.82) is 0 Å². The number of anilines is 3. The van der Waals surface area contributed by atoms with Crippen molar-refractivity contribution >= 4 is 29.1 Å². The lowest BCUT2D eigenvalue weighted by molar-refractivity contribution is -0.119. The summed E-state index contributed by atoms with van der Waals surface area (Å²) in [7, 11) is 1.60. The number of amides is 3. The molecule has 2 aliphatic heterocycles. The summed E-state index contributed by atoms with van der Waals surface area (Å²) in [6.07, 6.45) is 5.43. The number of likely N-dealkylation sites (tertiary alicyclic amines) is 1. The van der Waals surface area contributed by atoms with Gasteiger partial charge in [0, 0.05) is 31.5 Å². The largest absolute Gasteiger partial charge is 0.497 e. The Bertz CT molecular complexity index is 896. The van der Waals surface area contributed by atoms with Crippen LogP contribution in [0.1, 0.15) is 25.7 Å². The first kappa shape index (κ1) is 20.0. The van der Waals surface area contributed by atoms with Crippen molar-refractivity contribution in [3.05, 3.63) is 42.6 Å². The van der Waals surface area contributed by atoms with Crippen LogP contribution >= 0.6 is 0 Å². The van der Waals surface area contributed by atoms with Gasteiger partial charge in [0.2, 0.25) is 5.91 Å². The maximum absolute atomic E-state index is 13.0. The van der Waals surface area contributed by atoms with Gasteiger partial charge in [-0.1, -0.05) is 0 Å². The van der Waals surface area contributed by atoms with E-state index in [1.165, 1.54) is 0 Å². The number of carbonyl (C=O) groups excluding carboxylic acids is 2. The molecule has 3 heterocycles. The second-order valence-corrected chi connectivity index (χ2v) is 7.57. The lowest BCUT2D eigenvalue weighted by Crippen LogP contribution is -2.45. The lowest BCUT2D eigenvalue weighted by Gasteiger charge is -2.26. The highest BCUT2D eigenvalue weighted by Crippen LogP contribution is 2.28. The SMILES string of the molecule is COc1ccc(NC(=O)[C@H]2CCCN2C(=O)Nc2cccnc2N2CCCC2)cc1. The molecule has 2 aromatic rings. The number of nitrogens with one attached hydrogen (secondary N) is 2. The van der Waals surface area contributed by atoms with Crippen molar-refractivity contribution in [1.82, 2.24) is 9.88 Å². The molecule has 2 saturated heterocycles. The fourth-order valence-corrected chi connectivity index (χ4v) is 4.04. The zero-order valence-corrected chi connectivity index (χ0v) is 17.1. The highest BCUT2D eigenvalue weighted by Gasteiger charge is 2.34. The number of hydrogen-bond acceptors (Lipinski definition) is 5. The number of pyridine rings is 1. The van der Waals surface area contributed by atoms with E-state index in [9.17, 15) is 9.59 Å². The molecule has 3 amide bonds. The third-order valence-electron chi connectivity index (χ3n) is 5.61. The highest BCUT2D eigenvalue weighted by atomic mass is 16.5. The zero-order chi connectivity index (χ0) is 20.9. The molecule has 30 heavy (non-hydrogen) atoms.